The predicted molar refractivity (Wildman–Crippen MR) is 79.9 cm³/mol. The van der Waals surface area contributed by atoms with Crippen LogP contribution in [0.5, 0.6) is 0 Å². The number of benzene rings is 1. The number of aliphatic hydroxyl groups excluding tert-OH is 1. The molecule has 21 heavy (non-hydrogen) atoms. The number of carbonyl (C=O) groups is 2. The molecular formula is C15H19ClN2O3. The van der Waals surface area contributed by atoms with E-state index in [1.165, 1.54) is 0 Å². The molecular weight excluding hydrogens is 292 g/mol. The number of nitrogens with zero attached hydrogens (tertiary/aromatic N) is 1. The zero-order chi connectivity index (χ0) is 15.2. The zero-order valence-corrected chi connectivity index (χ0v) is 12.5. The van der Waals surface area contributed by atoms with E-state index in [2.05, 4.69) is 5.32 Å². The van der Waals surface area contributed by atoms with Gasteiger partial charge in [0.15, 0.2) is 0 Å². The van der Waals surface area contributed by atoms with Crippen LogP contribution in [0.2, 0.25) is 5.02 Å². The molecule has 0 spiro atoms. The molecule has 6 heteroatoms. The minimum absolute atomic E-state index is 0.115. The van der Waals surface area contributed by atoms with Gasteiger partial charge in [-0.15, -0.1) is 0 Å². The molecule has 1 unspecified atom stereocenters. The number of amides is 2. The van der Waals surface area contributed by atoms with Crippen LogP contribution in [-0.2, 0) is 9.59 Å². The summed E-state index contributed by atoms with van der Waals surface area (Å²) in [7, 11) is 0. The summed E-state index contributed by atoms with van der Waals surface area (Å²) >= 11 is 5.78. The summed E-state index contributed by atoms with van der Waals surface area (Å²) in [4.78, 5) is 24.8. The Morgan fingerprint density at radius 1 is 1.38 bits per heavy atom. The fourth-order valence-electron chi connectivity index (χ4n) is 2.28. The van der Waals surface area contributed by atoms with Crippen molar-refractivity contribution in [2.45, 2.75) is 25.4 Å². The third-order valence-electron chi connectivity index (χ3n) is 3.53. The molecule has 1 aromatic rings. The van der Waals surface area contributed by atoms with Crippen molar-refractivity contribution in [2.75, 3.05) is 19.6 Å². The molecule has 1 saturated heterocycles. The highest BCUT2D eigenvalue weighted by molar-refractivity contribution is 6.30. The molecule has 0 saturated carbocycles. The summed E-state index contributed by atoms with van der Waals surface area (Å²) < 4.78 is 0. The van der Waals surface area contributed by atoms with Crippen molar-refractivity contribution < 1.29 is 14.7 Å². The first-order chi connectivity index (χ1) is 10.1. The molecule has 1 heterocycles. The van der Waals surface area contributed by atoms with E-state index in [1.54, 1.807) is 29.2 Å². The molecule has 1 aromatic carbocycles. The maximum Gasteiger partial charge on any atom is 0.222 e. The van der Waals surface area contributed by atoms with Gasteiger partial charge in [0, 0.05) is 37.5 Å². The number of halogens is 1. The SMILES string of the molecule is O=C(CCN1CCCC1=O)NCC(O)c1ccc(Cl)cc1. The second-order valence-electron chi connectivity index (χ2n) is 5.11. The van der Waals surface area contributed by atoms with Gasteiger partial charge in [-0.25, -0.2) is 0 Å². The number of rotatable bonds is 6. The van der Waals surface area contributed by atoms with Crippen LogP contribution < -0.4 is 5.32 Å². The Kier molecular flexibility index (Phi) is 5.59. The van der Waals surface area contributed by atoms with Crippen LogP contribution in [0.15, 0.2) is 24.3 Å². The van der Waals surface area contributed by atoms with E-state index in [1.807, 2.05) is 0 Å². The molecule has 2 N–H and O–H groups in total. The number of likely N-dealkylation sites (tertiary alicyclic amines) is 1. The van der Waals surface area contributed by atoms with Gasteiger partial charge in [0.05, 0.1) is 6.10 Å². The van der Waals surface area contributed by atoms with Crippen molar-refractivity contribution in [1.82, 2.24) is 10.2 Å². The summed E-state index contributed by atoms with van der Waals surface area (Å²) in [6, 6.07) is 6.84. The van der Waals surface area contributed by atoms with Crippen molar-refractivity contribution >= 4 is 23.4 Å². The van der Waals surface area contributed by atoms with Crippen molar-refractivity contribution in [1.29, 1.82) is 0 Å². The van der Waals surface area contributed by atoms with Crippen LogP contribution in [-0.4, -0.2) is 41.5 Å². The maximum atomic E-state index is 11.7. The molecule has 2 rings (SSSR count). The highest BCUT2D eigenvalue weighted by atomic mass is 35.5. The largest absolute Gasteiger partial charge is 0.387 e. The monoisotopic (exact) mass is 310 g/mol. The molecule has 0 aromatic heterocycles. The number of hydrogen-bond donors (Lipinski definition) is 2. The Morgan fingerprint density at radius 3 is 2.71 bits per heavy atom. The highest BCUT2D eigenvalue weighted by Crippen LogP contribution is 2.15. The molecule has 2 amide bonds. The maximum absolute atomic E-state index is 11.7. The molecule has 1 aliphatic heterocycles. The van der Waals surface area contributed by atoms with E-state index in [-0.39, 0.29) is 24.8 Å². The highest BCUT2D eigenvalue weighted by Gasteiger charge is 2.20. The Bertz CT molecular complexity index is 504. The van der Waals surface area contributed by atoms with E-state index < -0.39 is 6.10 Å². The van der Waals surface area contributed by atoms with Crippen LogP contribution in [0.3, 0.4) is 0 Å². The summed E-state index contributed by atoms with van der Waals surface area (Å²) in [6.45, 7) is 1.33. The fraction of sp³-hybridized carbons (Fsp3) is 0.467. The van der Waals surface area contributed by atoms with E-state index in [0.717, 1.165) is 13.0 Å². The van der Waals surface area contributed by atoms with Gasteiger partial charge in [-0.05, 0) is 24.1 Å². The molecule has 1 aliphatic rings. The lowest BCUT2D eigenvalue weighted by atomic mass is 10.1. The van der Waals surface area contributed by atoms with Gasteiger partial charge in [0.2, 0.25) is 11.8 Å². The second-order valence-corrected chi connectivity index (χ2v) is 5.54. The van der Waals surface area contributed by atoms with E-state index in [4.69, 9.17) is 11.6 Å². The lowest BCUT2D eigenvalue weighted by molar-refractivity contribution is -0.128. The van der Waals surface area contributed by atoms with Gasteiger partial charge in [-0.2, -0.15) is 0 Å². The standard InChI is InChI=1S/C15H19ClN2O3/c16-12-5-3-11(4-6-12)13(19)10-17-14(20)7-9-18-8-1-2-15(18)21/h3-6,13,19H,1-2,7-10H2,(H,17,20). The van der Waals surface area contributed by atoms with Gasteiger partial charge in [0.1, 0.15) is 0 Å². The molecule has 114 valence electrons. The first-order valence-corrected chi connectivity index (χ1v) is 7.42. The van der Waals surface area contributed by atoms with Gasteiger partial charge >= 0.3 is 0 Å². The molecule has 0 bridgehead atoms. The van der Waals surface area contributed by atoms with Gasteiger partial charge < -0.3 is 15.3 Å². The van der Waals surface area contributed by atoms with Crippen LogP contribution in [0.25, 0.3) is 0 Å². The summed E-state index contributed by atoms with van der Waals surface area (Å²) in [6.07, 6.45) is 0.950. The van der Waals surface area contributed by atoms with Crippen LogP contribution >= 0.6 is 11.6 Å². The Hall–Kier alpha value is -1.59. The first-order valence-electron chi connectivity index (χ1n) is 7.04. The summed E-state index contributed by atoms with van der Waals surface area (Å²) in [5, 5.41) is 13.2. The normalized spacial score (nSPS) is 16.1. The average molecular weight is 311 g/mol. The lowest BCUT2D eigenvalue weighted by Crippen LogP contribution is -2.33. The van der Waals surface area contributed by atoms with E-state index >= 15 is 0 Å². The van der Waals surface area contributed by atoms with Crippen LogP contribution in [0.4, 0.5) is 0 Å². The van der Waals surface area contributed by atoms with E-state index in [9.17, 15) is 14.7 Å². The Balaban J connectivity index is 1.70. The van der Waals surface area contributed by atoms with Gasteiger partial charge in [0.25, 0.3) is 0 Å². The van der Waals surface area contributed by atoms with Crippen molar-refractivity contribution in [2.24, 2.45) is 0 Å². The number of aliphatic hydroxyl groups is 1. The van der Waals surface area contributed by atoms with Crippen LogP contribution in [0, 0.1) is 0 Å². The molecule has 1 atom stereocenters. The fourth-order valence-corrected chi connectivity index (χ4v) is 2.40. The Labute approximate surface area is 128 Å². The van der Waals surface area contributed by atoms with Crippen molar-refractivity contribution in [3.8, 4) is 0 Å². The minimum Gasteiger partial charge on any atom is -0.387 e. The number of carbonyl (C=O) groups excluding carboxylic acids is 2. The molecule has 0 radical (unpaired) electrons. The third kappa shape index (κ3) is 4.72. The Morgan fingerprint density at radius 2 is 2.10 bits per heavy atom. The lowest BCUT2D eigenvalue weighted by Gasteiger charge is -2.16. The third-order valence-corrected chi connectivity index (χ3v) is 3.78. The summed E-state index contributed by atoms with van der Waals surface area (Å²) in [5.74, 6) is -0.0493. The predicted octanol–water partition coefficient (Wildman–Crippen LogP) is 1.50. The molecule has 0 aliphatic carbocycles. The molecule has 5 nitrogen and oxygen atoms in total. The zero-order valence-electron chi connectivity index (χ0n) is 11.7. The molecule has 1 fully saturated rings. The van der Waals surface area contributed by atoms with Crippen molar-refractivity contribution in [3.63, 3.8) is 0 Å². The number of hydrogen-bond acceptors (Lipinski definition) is 3. The first kappa shape index (κ1) is 15.8. The quantitative estimate of drug-likeness (QED) is 0.836. The topological polar surface area (TPSA) is 69.6 Å². The summed E-state index contributed by atoms with van der Waals surface area (Å²) in [5.41, 5.74) is 0.703. The number of nitrogens with one attached hydrogen (secondary N) is 1. The van der Waals surface area contributed by atoms with Gasteiger partial charge in [-0.1, -0.05) is 23.7 Å². The minimum atomic E-state index is -0.764. The van der Waals surface area contributed by atoms with Crippen LogP contribution in [0.1, 0.15) is 30.9 Å². The van der Waals surface area contributed by atoms with Crippen molar-refractivity contribution in [3.05, 3.63) is 34.9 Å². The second kappa shape index (κ2) is 7.43. The average Bonchev–Trinajstić information content (AvgIpc) is 2.88. The smallest absolute Gasteiger partial charge is 0.222 e. The van der Waals surface area contributed by atoms with E-state index in [0.29, 0.717) is 23.6 Å². The van der Waals surface area contributed by atoms with Gasteiger partial charge in [-0.3, -0.25) is 9.59 Å².